The average Bonchev–Trinajstić information content (AvgIpc) is 3.06. The fourth-order valence-electron chi connectivity index (χ4n) is 3.50. The predicted octanol–water partition coefficient (Wildman–Crippen LogP) is 3.26. The largest absolute Gasteiger partial charge is 0.312 e. The van der Waals surface area contributed by atoms with E-state index in [9.17, 15) is 0 Å². The van der Waals surface area contributed by atoms with Crippen molar-refractivity contribution in [3.05, 3.63) is 30.1 Å². The molecule has 0 amide bonds. The van der Waals surface area contributed by atoms with Crippen molar-refractivity contribution in [3.8, 4) is 0 Å². The summed E-state index contributed by atoms with van der Waals surface area (Å²) in [5, 5.41) is 3.82. The Morgan fingerprint density at radius 1 is 1.24 bits per heavy atom. The van der Waals surface area contributed by atoms with Crippen LogP contribution >= 0.6 is 0 Å². The highest BCUT2D eigenvalue weighted by Crippen LogP contribution is 2.29. The van der Waals surface area contributed by atoms with E-state index in [0.717, 1.165) is 13.0 Å². The average molecular weight is 289 g/mol. The second kappa shape index (κ2) is 7.90. The van der Waals surface area contributed by atoms with Crippen molar-refractivity contribution in [1.82, 2.24) is 15.2 Å². The third-order valence-electron chi connectivity index (χ3n) is 5.12. The molecule has 0 aliphatic carbocycles. The Morgan fingerprint density at radius 2 is 1.90 bits per heavy atom. The normalized spacial score (nSPS) is 20.3. The second-order valence-corrected chi connectivity index (χ2v) is 6.47. The predicted molar refractivity (Wildman–Crippen MR) is 89.5 cm³/mol. The Balaban J connectivity index is 2.15. The lowest BCUT2D eigenvalue weighted by molar-refractivity contribution is 0.0840. The molecular weight excluding hydrogens is 258 g/mol. The van der Waals surface area contributed by atoms with E-state index in [1.54, 1.807) is 0 Å². The smallest absolute Gasteiger partial charge is 0.0335 e. The maximum Gasteiger partial charge on any atom is 0.0335 e. The van der Waals surface area contributed by atoms with Gasteiger partial charge in [-0.1, -0.05) is 13.8 Å². The van der Waals surface area contributed by atoms with Crippen molar-refractivity contribution >= 4 is 0 Å². The van der Waals surface area contributed by atoms with E-state index in [4.69, 9.17) is 0 Å². The first-order valence-electron chi connectivity index (χ1n) is 8.58. The SMILES string of the molecule is CCCNC(Cc1ccncc1)C(C)(CC)N1CCCC1. The lowest BCUT2D eigenvalue weighted by atomic mass is 9.83. The number of nitrogens with zero attached hydrogens (tertiary/aromatic N) is 2. The van der Waals surface area contributed by atoms with Crippen LogP contribution in [0.5, 0.6) is 0 Å². The van der Waals surface area contributed by atoms with Gasteiger partial charge in [-0.25, -0.2) is 0 Å². The number of nitrogens with one attached hydrogen (secondary N) is 1. The van der Waals surface area contributed by atoms with E-state index in [0.29, 0.717) is 6.04 Å². The van der Waals surface area contributed by atoms with Gasteiger partial charge in [0.05, 0.1) is 0 Å². The van der Waals surface area contributed by atoms with E-state index in [2.05, 4.69) is 48.1 Å². The molecule has 1 fully saturated rings. The van der Waals surface area contributed by atoms with Crippen LogP contribution < -0.4 is 5.32 Å². The minimum absolute atomic E-state index is 0.245. The molecule has 21 heavy (non-hydrogen) atoms. The van der Waals surface area contributed by atoms with Crippen molar-refractivity contribution in [2.75, 3.05) is 19.6 Å². The summed E-state index contributed by atoms with van der Waals surface area (Å²) in [4.78, 5) is 6.85. The standard InChI is InChI=1S/C18H31N3/c1-4-10-20-17(15-16-8-11-19-12-9-16)18(3,5-2)21-13-6-7-14-21/h8-9,11-12,17,20H,4-7,10,13-15H2,1-3H3. The van der Waals surface area contributed by atoms with Crippen molar-refractivity contribution in [2.24, 2.45) is 0 Å². The van der Waals surface area contributed by atoms with Crippen molar-refractivity contribution < 1.29 is 0 Å². The van der Waals surface area contributed by atoms with Crippen molar-refractivity contribution in [2.45, 2.75) is 64.5 Å². The maximum atomic E-state index is 4.14. The molecule has 0 aromatic carbocycles. The van der Waals surface area contributed by atoms with Crippen molar-refractivity contribution in [1.29, 1.82) is 0 Å². The number of hydrogen-bond acceptors (Lipinski definition) is 3. The van der Waals surface area contributed by atoms with Gasteiger partial charge in [0.1, 0.15) is 0 Å². The van der Waals surface area contributed by atoms with Gasteiger partial charge in [-0.2, -0.15) is 0 Å². The topological polar surface area (TPSA) is 28.2 Å². The van der Waals surface area contributed by atoms with Gasteiger partial charge in [-0.3, -0.25) is 9.88 Å². The minimum Gasteiger partial charge on any atom is -0.312 e. The van der Waals surface area contributed by atoms with Crippen LogP contribution in [0, 0.1) is 0 Å². The van der Waals surface area contributed by atoms with Crippen LogP contribution in [0.4, 0.5) is 0 Å². The first-order chi connectivity index (χ1) is 10.2. The third-order valence-corrected chi connectivity index (χ3v) is 5.12. The Kier molecular flexibility index (Phi) is 6.19. The van der Waals surface area contributed by atoms with Crippen LogP contribution in [0.1, 0.15) is 52.0 Å². The van der Waals surface area contributed by atoms with E-state index >= 15 is 0 Å². The fourth-order valence-corrected chi connectivity index (χ4v) is 3.50. The number of rotatable bonds is 8. The zero-order valence-corrected chi connectivity index (χ0v) is 13.9. The molecule has 2 rings (SSSR count). The molecule has 1 aromatic rings. The van der Waals surface area contributed by atoms with Gasteiger partial charge in [0.15, 0.2) is 0 Å². The quantitative estimate of drug-likeness (QED) is 0.796. The Morgan fingerprint density at radius 3 is 2.48 bits per heavy atom. The third kappa shape index (κ3) is 4.04. The van der Waals surface area contributed by atoms with Crippen LogP contribution in [-0.4, -0.2) is 41.1 Å². The van der Waals surface area contributed by atoms with Gasteiger partial charge in [-0.05, 0) is 76.4 Å². The summed E-state index contributed by atoms with van der Waals surface area (Å²) in [5.74, 6) is 0. The summed E-state index contributed by atoms with van der Waals surface area (Å²) >= 11 is 0. The molecule has 2 atom stereocenters. The summed E-state index contributed by atoms with van der Waals surface area (Å²) in [6, 6.07) is 4.81. The number of pyridine rings is 1. The second-order valence-electron chi connectivity index (χ2n) is 6.47. The van der Waals surface area contributed by atoms with Gasteiger partial charge in [0.2, 0.25) is 0 Å². The molecule has 2 heterocycles. The van der Waals surface area contributed by atoms with Gasteiger partial charge >= 0.3 is 0 Å². The summed E-state index contributed by atoms with van der Waals surface area (Å²) < 4.78 is 0. The zero-order valence-electron chi connectivity index (χ0n) is 13.9. The number of hydrogen-bond donors (Lipinski definition) is 1. The first-order valence-corrected chi connectivity index (χ1v) is 8.58. The molecule has 0 radical (unpaired) electrons. The fraction of sp³-hybridized carbons (Fsp3) is 0.722. The highest BCUT2D eigenvalue weighted by molar-refractivity contribution is 5.14. The molecular formula is C18H31N3. The summed E-state index contributed by atoms with van der Waals surface area (Å²) in [6.07, 6.45) is 9.99. The van der Waals surface area contributed by atoms with Crippen LogP contribution in [0.25, 0.3) is 0 Å². The molecule has 118 valence electrons. The Labute approximate surface area is 130 Å². The minimum atomic E-state index is 0.245. The van der Waals surface area contributed by atoms with Gasteiger partial charge in [0.25, 0.3) is 0 Å². The molecule has 2 unspecified atom stereocenters. The zero-order chi connectivity index (χ0) is 15.1. The van der Waals surface area contributed by atoms with Crippen LogP contribution in [0.15, 0.2) is 24.5 Å². The maximum absolute atomic E-state index is 4.14. The molecule has 0 saturated carbocycles. The number of aromatic nitrogens is 1. The lowest BCUT2D eigenvalue weighted by Gasteiger charge is -2.45. The molecule has 1 aromatic heterocycles. The molecule has 1 aliphatic rings. The van der Waals surface area contributed by atoms with Crippen LogP contribution in [-0.2, 0) is 6.42 Å². The molecule has 1 saturated heterocycles. The van der Waals surface area contributed by atoms with Gasteiger partial charge < -0.3 is 5.32 Å². The highest BCUT2D eigenvalue weighted by atomic mass is 15.2. The summed E-state index contributed by atoms with van der Waals surface area (Å²) in [7, 11) is 0. The van der Waals surface area contributed by atoms with E-state index < -0.39 is 0 Å². The highest BCUT2D eigenvalue weighted by Gasteiger charge is 2.38. The van der Waals surface area contributed by atoms with Gasteiger partial charge in [0, 0.05) is 24.0 Å². The van der Waals surface area contributed by atoms with E-state index in [1.165, 1.54) is 44.3 Å². The molecule has 0 spiro atoms. The van der Waals surface area contributed by atoms with Crippen LogP contribution in [0.3, 0.4) is 0 Å². The first kappa shape index (κ1) is 16.4. The molecule has 3 nitrogen and oxygen atoms in total. The van der Waals surface area contributed by atoms with Gasteiger partial charge in [-0.15, -0.1) is 0 Å². The summed E-state index contributed by atoms with van der Waals surface area (Å²) in [6.45, 7) is 10.6. The van der Waals surface area contributed by atoms with E-state index in [1.807, 2.05) is 12.4 Å². The lowest BCUT2D eigenvalue weighted by Crippen LogP contribution is -2.59. The van der Waals surface area contributed by atoms with Crippen molar-refractivity contribution in [3.63, 3.8) is 0 Å². The van der Waals surface area contributed by atoms with E-state index in [-0.39, 0.29) is 5.54 Å². The Bertz CT molecular complexity index is 400. The summed E-state index contributed by atoms with van der Waals surface area (Å²) in [5.41, 5.74) is 1.63. The molecule has 1 aliphatic heterocycles. The number of likely N-dealkylation sites (tertiary alicyclic amines) is 1. The Hall–Kier alpha value is -0.930. The monoisotopic (exact) mass is 289 g/mol. The molecule has 0 bridgehead atoms. The van der Waals surface area contributed by atoms with Crippen LogP contribution in [0.2, 0.25) is 0 Å². The molecule has 3 heteroatoms. The molecule has 1 N–H and O–H groups in total.